The minimum absolute atomic E-state index is 0.000990. The highest BCUT2D eigenvalue weighted by molar-refractivity contribution is 5.95. The summed E-state index contributed by atoms with van der Waals surface area (Å²) in [6.07, 6.45) is -5.63. The highest BCUT2D eigenvalue weighted by Gasteiger charge is 2.43. The van der Waals surface area contributed by atoms with Gasteiger partial charge in [0.2, 0.25) is 0 Å². The quantitative estimate of drug-likeness (QED) is 0.218. The molecule has 3 aromatic rings. The number of methoxy groups -OCH3 is 1. The average molecular weight is 636 g/mol. The third-order valence-electron chi connectivity index (χ3n) is 6.51. The third kappa shape index (κ3) is 9.80. The summed E-state index contributed by atoms with van der Waals surface area (Å²) in [5, 5.41) is 14.1. The molecule has 2 aromatic carbocycles. The van der Waals surface area contributed by atoms with Crippen molar-refractivity contribution in [1.82, 2.24) is 15.6 Å². The first-order valence-corrected chi connectivity index (χ1v) is 14.0. The molecule has 0 radical (unpaired) electrons. The van der Waals surface area contributed by atoms with Gasteiger partial charge in [0.05, 0.1) is 30.6 Å². The fraction of sp³-hybridized carbons (Fsp3) is 0.406. The Hall–Kier alpha value is -4.39. The van der Waals surface area contributed by atoms with Gasteiger partial charge in [-0.3, -0.25) is 9.78 Å². The summed E-state index contributed by atoms with van der Waals surface area (Å²) in [5.41, 5.74) is -1.78. The molecule has 0 spiro atoms. The number of rotatable bonds is 11. The molecular formula is C32H37F4N3O6. The number of aromatic nitrogens is 1. The number of hydrogen-bond acceptors (Lipinski definition) is 7. The molecule has 0 saturated heterocycles. The molecule has 13 heteroatoms. The fourth-order valence-electron chi connectivity index (χ4n) is 4.26. The third-order valence-corrected chi connectivity index (χ3v) is 6.51. The standard InChI is InChI=1S/C32H37F4N3O6/c1-30(2,3)45-29(42)39-31(4,5)21-16-24(19-7-10-22(33)11-8-19)38-25(17-21)23(32(34,35)36)18-37-28(41)20-9-12-26(43-6)27(15-20)44-14-13-40/h7-12,15-17,23,40H,13-14,18H2,1-6H3,(H,37,41)(H,39,42)/t23-/m1/s1. The van der Waals surface area contributed by atoms with Crippen molar-refractivity contribution in [2.75, 3.05) is 26.9 Å². The Morgan fingerprint density at radius 3 is 2.20 bits per heavy atom. The molecule has 1 aromatic heterocycles. The lowest BCUT2D eigenvalue weighted by Gasteiger charge is -2.30. The monoisotopic (exact) mass is 635 g/mol. The molecule has 3 rings (SSSR count). The maximum atomic E-state index is 14.6. The smallest absolute Gasteiger partial charge is 0.408 e. The number of halogens is 4. The van der Waals surface area contributed by atoms with Gasteiger partial charge in [-0.15, -0.1) is 0 Å². The van der Waals surface area contributed by atoms with E-state index < -0.39 is 53.3 Å². The van der Waals surface area contributed by atoms with Crippen molar-refractivity contribution < 1.29 is 46.5 Å². The number of nitrogens with zero attached hydrogens (tertiary/aromatic N) is 1. The minimum Gasteiger partial charge on any atom is -0.493 e. The fourth-order valence-corrected chi connectivity index (χ4v) is 4.26. The molecule has 1 atom stereocenters. The summed E-state index contributed by atoms with van der Waals surface area (Å²) >= 11 is 0. The molecule has 3 N–H and O–H groups in total. The second-order valence-corrected chi connectivity index (χ2v) is 11.7. The molecule has 0 aliphatic heterocycles. The van der Waals surface area contributed by atoms with Crippen LogP contribution < -0.4 is 20.1 Å². The number of benzene rings is 2. The van der Waals surface area contributed by atoms with E-state index in [4.69, 9.17) is 19.3 Å². The van der Waals surface area contributed by atoms with E-state index in [1.54, 1.807) is 34.6 Å². The Morgan fingerprint density at radius 1 is 0.956 bits per heavy atom. The lowest BCUT2D eigenvalue weighted by Crippen LogP contribution is -2.44. The molecule has 9 nitrogen and oxygen atoms in total. The van der Waals surface area contributed by atoms with Gasteiger partial charge in [0.25, 0.3) is 5.91 Å². The van der Waals surface area contributed by atoms with Crippen LogP contribution in [0.1, 0.15) is 62.2 Å². The normalized spacial score (nSPS) is 12.7. The average Bonchev–Trinajstić information content (AvgIpc) is 2.94. The number of alkyl halides is 3. The van der Waals surface area contributed by atoms with E-state index in [-0.39, 0.29) is 41.5 Å². The summed E-state index contributed by atoms with van der Waals surface area (Å²) in [7, 11) is 1.38. The van der Waals surface area contributed by atoms with E-state index in [2.05, 4.69) is 15.6 Å². The van der Waals surface area contributed by atoms with Gasteiger partial charge in [0.1, 0.15) is 23.9 Å². The van der Waals surface area contributed by atoms with Gasteiger partial charge in [-0.05, 0) is 94.8 Å². The SMILES string of the molecule is COc1ccc(C(=O)NC[C@H](c2cc(C(C)(C)NC(=O)OC(C)(C)C)cc(-c3ccc(F)cc3)n2)C(F)(F)F)cc1OCCO. The van der Waals surface area contributed by atoms with Gasteiger partial charge in [-0.1, -0.05) is 0 Å². The first-order valence-electron chi connectivity index (χ1n) is 14.0. The van der Waals surface area contributed by atoms with Crippen LogP contribution in [0.3, 0.4) is 0 Å². The lowest BCUT2D eigenvalue weighted by atomic mass is 9.90. The minimum atomic E-state index is -4.85. The summed E-state index contributed by atoms with van der Waals surface area (Å²) in [4.78, 5) is 29.9. The summed E-state index contributed by atoms with van der Waals surface area (Å²) < 4.78 is 73.3. The van der Waals surface area contributed by atoms with Crippen LogP contribution in [0.15, 0.2) is 54.6 Å². The number of carbonyl (C=O) groups excluding carboxylic acids is 2. The van der Waals surface area contributed by atoms with Crippen LogP contribution in [0.4, 0.5) is 22.4 Å². The van der Waals surface area contributed by atoms with Crippen LogP contribution in [0, 0.1) is 5.82 Å². The number of alkyl carbamates (subject to hydrolysis) is 1. The number of aliphatic hydroxyl groups excluding tert-OH is 1. The van der Waals surface area contributed by atoms with Crippen molar-refractivity contribution in [2.24, 2.45) is 0 Å². The van der Waals surface area contributed by atoms with Crippen molar-refractivity contribution in [3.63, 3.8) is 0 Å². The van der Waals surface area contributed by atoms with Gasteiger partial charge >= 0.3 is 12.3 Å². The van der Waals surface area contributed by atoms with E-state index in [0.29, 0.717) is 5.56 Å². The van der Waals surface area contributed by atoms with Crippen molar-refractivity contribution in [2.45, 2.75) is 57.9 Å². The molecule has 45 heavy (non-hydrogen) atoms. The Morgan fingerprint density at radius 2 is 1.62 bits per heavy atom. The Kier molecular flexibility index (Phi) is 11.0. The molecule has 0 saturated carbocycles. The highest BCUT2D eigenvalue weighted by Crippen LogP contribution is 2.37. The summed E-state index contributed by atoms with van der Waals surface area (Å²) in [6.45, 7) is 6.94. The van der Waals surface area contributed by atoms with Crippen LogP contribution in [-0.4, -0.2) is 60.7 Å². The van der Waals surface area contributed by atoms with Crippen molar-refractivity contribution in [3.8, 4) is 22.8 Å². The zero-order chi connectivity index (χ0) is 33.6. The molecule has 2 amide bonds. The Bertz CT molecular complexity index is 1490. The number of ether oxygens (including phenoxy) is 3. The maximum absolute atomic E-state index is 14.6. The molecule has 1 heterocycles. The largest absolute Gasteiger partial charge is 0.493 e. The van der Waals surface area contributed by atoms with Crippen LogP contribution in [0.25, 0.3) is 11.3 Å². The second kappa shape index (κ2) is 14.1. The highest BCUT2D eigenvalue weighted by atomic mass is 19.4. The molecule has 0 unspecified atom stereocenters. The van der Waals surface area contributed by atoms with Crippen LogP contribution in [0.5, 0.6) is 11.5 Å². The predicted octanol–water partition coefficient (Wildman–Crippen LogP) is 6.10. The van der Waals surface area contributed by atoms with Crippen LogP contribution >= 0.6 is 0 Å². The van der Waals surface area contributed by atoms with Gasteiger partial charge < -0.3 is 30.0 Å². The van der Waals surface area contributed by atoms with Gasteiger partial charge in [-0.2, -0.15) is 13.2 Å². The lowest BCUT2D eigenvalue weighted by molar-refractivity contribution is -0.149. The maximum Gasteiger partial charge on any atom is 0.408 e. The molecule has 0 aliphatic rings. The molecule has 0 aliphatic carbocycles. The molecule has 0 bridgehead atoms. The number of carbonyl (C=O) groups is 2. The van der Waals surface area contributed by atoms with Crippen LogP contribution in [-0.2, 0) is 10.3 Å². The van der Waals surface area contributed by atoms with E-state index in [1.807, 2.05) is 0 Å². The molecular weight excluding hydrogens is 598 g/mol. The molecule has 244 valence electrons. The zero-order valence-electron chi connectivity index (χ0n) is 25.8. The van der Waals surface area contributed by atoms with Gasteiger partial charge in [0.15, 0.2) is 11.5 Å². The van der Waals surface area contributed by atoms with Gasteiger partial charge in [0, 0.05) is 17.7 Å². The summed E-state index contributed by atoms with van der Waals surface area (Å²) in [5.74, 6) is -3.22. The van der Waals surface area contributed by atoms with E-state index in [1.165, 1.54) is 49.6 Å². The van der Waals surface area contributed by atoms with E-state index >= 15 is 0 Å². The molecule has 0 fully saturated rings. The van der Waals surface area contributed by atoms with Crippen molar-refractivity contribution >= 4 is 12.0 Å². The van der Waals surface area contributed by atoms with E-state index in [0.717, 1.165) is 12.1 Å². The number of nitrogens with one attached hydrogen (secondary N) is 2. The topological polar surface area (TPSA) is 119 Å². The number of pyridine rings is 1. The Labute approximate surface area is 258 Å². The first-order chi connectivity index (χ1) is 20.9. The number of amides is 2. The van der Waals surface area contributed by atoms with E-state index in [9.17, 15) is 27.2 Å². The summed E-state index contributed by atoms with van der Waals surface area (Å²) in [6, 6.07) is 11.9. The number of hydrogen-bond donors (Lipinski definition) is 3. The van der Waals surface area contributed by atoms with Gasteiger partial charge in [-0.25, -0.2) is 9.18 Å². The van der Waals surface area contributed by atoms with Crippen molar-refractivity contribution in [3.05, 3.63) is 77.2 Å². The second-order valence-electron chi connectivity index (χ2n) is 11.7. The zero-order valence-corrected chi connectivity index (χ0v) is 25.8. The van der Waals surface area contributed by atoms with Crippen molar-refractivity contribution in [1.29, 1.82) is 0 Å². The number of aliphatic hydroxyl groups is 1. The Balaban J connectivity index is 2.01. The predicted molar refractivity (Wildman–Crippen MR) is 159 cm³/mol. The first kappa shape index (κ1) is 35.1. The van der Waals surface area contributed by atoms with Crippen LogP contribution in [0.2, 0.25) is 0 Å².